The number of aliphatic hydroxyl groups is 1. The summed E-state index contributed by atoms with van der Waals surface area (Å²) in [5.41, 5.74) is 1.99. The van der Waals surface area contributed by atoms with Crippen molar-refractivity contribution in [3.8, 4) is 0 Å². The minimum absolute atomic E-state index is 0.455. The molecule has 0 saturated carbocycles. The molecule has 19 heavy (non-hydrogen) atoms. The van der Waals surface area contributed by atoms with Crippen LogP contribution in [0.15, 0.2) is 48.5 Å². The first-order chi connectivity index (χ1) is 9.18. The monoisotopic (exact) mass is 294 g/mol. The molecule has 0 saturated heterocycles. The lowest BCUT2D eigenvalue weighted by atomic mass is 10.0. The molecule has 2 rings (SSSR count). The van der Waals surface area contributed by atoms with Crippen LogP contribution in [-0.4, -0.2) is 5.11 Å². The molecule has 0 spiro atoms. The summed E-state index contributed by atoms with van der Waals surface area (Å²) < 4.78 is 0. The highest BCUT2D eigenvalue weighted by Gasteiger charge is 2.13. The minimum Gasteiger partial charge on any atom is -0.388 e. The van der Waals surface area contributed by atoms with Gasteiger partial charge in [-0.05, 0) is 30.9 Å². The largest absolute Gasteiger partial charge is 0.388 e. The lowest BCUT2D eigenvalue weighted by Crippen LogP contribution is -1.99. The first-order valence-corrected chi connectivity index (χ1v) is 7.10. The van der Waals surface area contributed by atoms with E-state index in [4.69, 9.17) is 23.2 Å². The lowest BCUT2D eigenvalue weighted by Gasteiger charge is -2.13. The van der Waals surface area contributed by atoms with Crippen LogP contribution < -0.4 is 0 Å². The van der Waals surface area contributed by atoms with Crippen molar-refractivity contribution in [1.82, 2.24) is 0 Å². The molecule has 0 aliphatic carbocycles. The van der Waals surface area contributed by atoms with Crippen LogP contribution in [0.25, 0.3) is 0 Å². The lowest BCUT2D eigenvalue weighted by molar-refractivity contribution is 0.165. The smallest absolute Gasteiger partial charge is 0.0805 e. The Hall–Kier alpha value is -1.02. The molecule has 1 atom stereocenters. The fraction of sp³-hybridized carbons (Fsp3) is 0.250. The van der Waals surface area contributed by atoms with E-state index in [0.717, 1.165) is 12.8 Å². The molecule has 0 fully saturated rings. The second kappa shape index (κ2) is 6.95. The van der Waals surface area contributed by atoms with Gasteiger partial charge >= 0.3 is 0 Å². The van der Waals surface area contributed by atoms with Gasteiger partial charge in [-0.1, -0.05) is 65.7 Å². The third kappa shape index (κ3) is 3.97. The summed E-state index contributed by atoms with van der Waals surface area (Å²) in [6.07, 6.45) is 1.98. The van der Waals surface area contributed by atoms with E-state index in [1.165, 1.54) is 5.56 Å². The van der Waals surface area contributed by atoms with Crippen LogP contribution in [0.2, 0.25) is 10.0 Å². The van der Waals surface area contributed by atoms with Crippen LogP contribution in [0.5, 0.6) is 0 Å². The topological polar surface area (TPSA) is 20.2 Å². The third-order valence-electron chi connectivity index (χ3n) is 3.13. The number of rotatable bonds is 5. The Bertz CT molecular complexity index is 526. The summed E-state index contributed by atoms with van der Waals surface area (Å²) in [6.45, 7) is 0. The molecule has 2 aromatic carbocycles. The van der Waals surface area contributed by atoms with E-state index >= 15 is 0 Å². The van der Waals surface area contributed by atoms with Crippen LogP contribution in [0.4, 0.5) is 0 Å². The highest BCUT2D eigenvalue weighted by Crippen LogP contribution is 2.31. The van der Waals surface area contributed by atoms with Gasteiger partial charge in [0.1, 0.15) is 0 Å². The van der Waals surface area contributed by atoms with E-state index in [9.17, 15) is 5.11 Å². The van der Waals surface area contributed by atoms with E-state index in [2.05, 4.69) is 12.1 Å². The zero-order valence-corrected chi connectivity index (χ0v) is 12.0. The van der Waals surface area contributed by atoms with E-state index < -0.39 is 6.10 Å². The number of aliphatic hydroxyl groups excluding tert-OH is 1. The molecule has 2 aromatic rings. The van der Waals surface area contributed by atoms with Crippen molar-refractivity contribution in [2.45, 2.75) is 25.4 Å². The average Bonchev–Trinajstić information content (AvgIpc) is 2.43. The van der Waals surface area contributed by atoms with E-state index in [1.807, 2.05) is 30.3 Å². The Morgan fingerprint density at radius 1 is 0.947 bits per heavy atom. The average molecular weight is 295 g/mol. The number of benzene rings is 2. The molecule has 0 heterocycles. The van der Waals surface area contributed by atoms with Crippen LogP contribution in [-0.2, 0) is 6.42 Å². The maximum atomic E-state index is 10.2. The Morgan fingerprint density at radius 2 is 1.68 bits per heavy atom. The Balaban J connectivity index is 1.91. The van der Waals surface area contributed by atoms with Gasteiger partial charge in [-0.15, -0.1) is 0 Å². The van der Waals surface area contributed by atoms with Crippen LogP contribution >= 0.6 is 23.2 Å². The summed E-state index contributed by atoms with van der Waals surface area (Å²) in [4.78, 5) is 0. The Morgan fingerprint density at radius 3 is 2.42 bits per heavy atom. The van der Waals surface area contributed by atoms with Crippen LogP contribution in [0, 0.1) is 0 Å². The van der Waals surface area contributed by atoms with E-state index in [0.29, 0.717) is 22.0 Å². The van der Waals surface area contributed by atoms with Gasteiger partial charge in [0.15, 0.2) is 0 Å². The van der Waals surface area contributed by atoms with E-state index in [-0.39, 0.29) is 0 Å². The van der Waals surface area contributed by atoms with Gasteiger partial charge < -0.3 is 5.11 Å². The highest BCUT2D eigenvalue weighted by molar-refractivity contribution is 6.42. The SMILES string of the molecule is OC(CCCc1ccccc1)c1cccc(Cl)c1Cl. The van der Waals surface area contributed by atoms with Gasteiger partial charge in [0, 0.05) is 5.56 Å². The van der Waals surface area contributed by atoms with Crippen molar-refractivity contribution in [3.63, 3.8) is 0 Å². The fourth-order valence-electron chi connectivity index (χ4n) is 2.08. The number of halogens is 2. The Kier molecular flexibility index (Phi) is 5.26. The predicted molar refractivity (Wildman–Crippen MR) is 80.8 cm³/mol. The molecule has 0 aromatic heterocycles. The molecular formula is C16H16Cl2O. The zero-order valence-electron chi connectivity index (χ0n) is 10.5. The molecule has 0 aliphatic rings. The van der Waals surface area contributed by atoms with Crippen molar-refractivity contribution < 1.29 is 5.11 Å². The summed E-state index contributed by atoms with van der Waals surface area (Å²) in [7, 11) is 0. The molecule has 0 bridgehead atoms. The number of hydrogen-bond acceptors (Lipinski definition) is 1. The summed E-state index contributed by atoms with van der Waals surface area (Å²) in [5, 5.41) is 11.1. The van der Waals surface area contributed by atoms with Crippen molar-refractivity contribution in [2.24, 2.45) is 0 Å². The van der Waals surface area contributed by atoms with Gasteiger partial charge in [0.05, 0.1) is 16.1 Å². The van der Waals surface area contributed by atoms with Crippen LogP contribution in [0.1, 0.15) is 30.1 Å². The number of aryl methyl sites for hydroxylation is 1. The van der Waals surface area contributed by atoms with Crippen molar-refractivity contribution in [3.05, 3.63) is 69.7 Å². The van der Waals surface area contributed by atoms with Crippen molar-refractivity contribution in [2.75, 3.05) is 0 Å². The minimum atomic E-state index is -0.560. The standard InChI is InChI=1S/C16H16Cl2O/c17-14-10-5-9-13(16(14)18)15(19)11-4-8-12-6-2-1-3-7-12/h1-3,5-7,9-10,15,19H,4,8,11H2. The van der Waals surface area contributed by atoms with Crippen molar-refractivity contribution in [1.29, 1.82) is 0 Å². The molecule has 3 heteroatoms. The quantitative estimate of drug-likeness (QED) is 0.818. The normalized spacial score (nSPS) is 12.4. The molecule has 1 N–H and O–H groups in total. The second-order valence-electron chi connectivity index (χ2n) is 4.54. The fourth-order valence-corrected chi connectivity index (χ4v) is 2.51. The van der Waals surface area contributed by atoms with E-state index in [1.54, 1.807) is 6.07 Å². The first-order valence-electron chi connectivity index (χ1n) is 6.34. The maximum absolute atomic E-state index is 10.2. The maximum Gasteiger partial charge on any atom is 0.0805 e. The van der Waals surface area contributed by atoms with Crippen molar-refractivity contribution >= 4 is 23.2 Å². The van der Waals surface area contributed by atoms with Gasteiger partial charge in [-0.2, -0.15) is 0 Å². The van der Waals surface area contributed by atoms with Gasteiger partial charge in [-0.3, -0.25) is 0 Å². The molecule has 1 unspecified atom stereocenters. The molecule has 0 amide bonds. The summed E-state index contributed by atoms with van der Waals surface area (Å²) in [6, 6.07) is 15.6. The molecule has 0 radical (unpaired) electrons. The van der Waals surface area contributed by atoms with Crippen LogP contribution in [0.3, 0.4) is 0 Å². The Labute approximate surface area is 123 Å². The molecule has 1 nitrogen and oxygen atoms in total. The highest BCUT2D eigenvalue weighted by atomic mass is 35.5. The first kappa shape index (κ1) is 14.4. The second-order valence-corrected chi connectivity index (χ2v) is 5.32. The van der Waals surface area contributed by atoms with Gasteiger partial charge in [-0.25, -0.2) is 0 Å². The zero-order chi connectivity index (χ0) is 13.7. The molecular weight excluding hydrogens is 279 g/mol. The molecule has 100 valence electrons. The predicted octanol–water partition coefficient (Wildman–Crippen LogP) is 5.05. The summed E-state index contributed by atoms with van der Waals surface area (Å²) in [5.74, 6) is 0. The summed E-state index contributed by atoms with van der Waals surface area (Å²) >= 11 is 12.0. The van der Waals surface area contributed by atoms with Gasteiger partial charge in [0.25, 0.3) is 0 Å². The third-order valence-corrected chi connectivity index (χ3v) is 3.96. The number of hydrogen-bond donors (Lipinski definition) is 1. The molecule has 0 aliphatic heterocycles. The van der Waals surface area contributed by atoms with Gasteiger partial charge in [0.2, 0.25) is 0 Å².